The summed E-state index contributed by atoms with van der Waals surface area (Å²) in [6.07, 6.45) is 0. The molecule has 0 bridgehead atoms. The Morgan fingerprint density at radius 2 is 2.13 bits per heavy atom. The molecule has 1 aromatic carbocycles. The van der Waals surface area contributed by atoms with Gasteiger partial charge in [-0.3, -0.25) is 0 Å². The van der Waals surface area contributed by atoms with E-state index in [1.165, 1.54) is 13.2 Å². The van der Waals surface area contributed by atoms with E-state index in [0.717, 1.165) is 0 Å². The summed E-state index contributed by atoms with van der Waals surface area (Å²) in [5, 5.41) is 10.1. The van der Waals surface area contributed by atoms with Gasteiger partial charge in [-0.25, -0.2) is 4.79 Å². The lowest BCUT2D eigenvalue weighted by molar-refractivity contribution is 0.404. The van der Waals surface area contributed by atoms with Gasteiger partial charge in [0.25, 0.3) is 0 Å². The number of rotatable bonds is 1. The van der Waals surface area contributed by atoms with E-state index >= 15 is 0 Å². The maximum absolute atomic E-state index is 11.4. The van der Waals surface area contributed by atoms with E-state index < -0.39 is 5.63 Å². The van der Waals surface area contributed by atoms with Gasteiger partial charge in [0, 0.05) is 0 Å². The molecule has 15 heavy (non-hydrogen) atoms. The lowest BCUT2D eigenvalue weighted by atomic mass is 10.1. The lowest BCUT2D eigenvalue weighted by Gasteiger charge is -2.07. The zero-order valence-corrected chi connectivity index (χ0v) is 8.40. The summed E-state index contributed by atoms with van der Waals surface area (Å²) in [5.74, 6) is 0.399. The second-order valence-corrected chi connectivity index (χ2v) is 3.20. The molecule has 0 spiro atoms. The largest absolute Gasteiger partial charge is 0.507 e. The Morgan fingerprint density at radius 1 is 1.40 bits per heavy atom. The second-order valence-electron chi connectivity index (χ2n) is 3.20. The van der Waals surface area contributed by atoms with Crippen molar-refractivity contribution in [1.82, 2.24) is 0 Å². The number of ether oxygens (including phenoxy) is 1. The van der Waals surface area contributed by atoms with Crippen molar-refractivity contribution in [3.63, 3.8) is 0 Å². The van der Waals surface area contributed by atoms with E-state index in [0.29, 0.717) is 22.3 Å². The van der Waals surface area contributed by atoms with Gasteiger partial charge in [-0.2, -0.15) is 0 Å². The van der Waals surface area contributed by atoms with Gasteiger partial charge in [-0.15, -0.1) is 0 Å². The van der Waals surface area contributed by atoms with E-state index in [2.05, 4.69) is 0 Å². The Hall–Kier alpha value is -1.97. The monoisotopic (exact) mass is 206 g/mol. The molecule has 0 amide bonds. The van der Waals surface area contributed by atoms with Crippen LogP contribution in [-0.2, 0) is 0 Å². The highest BCUT2D eigenvalue weighted by Crippen LogP contribution is 2.33. The van der Waals surface area contributed by atoms with Crippen molar-refractivity contribution in [3.05, 3.63) is 34.2 Å². The first kappa shape index (κ1) is 9.58. The quantitative estimate of drug-likeness (QED) is 0.723. The molecule has 1 N–H and O–H groups in total. The van der Waals surface area contributed by atoms with Crippen LogP contribution in [-0.4, -0.2) is 12.2 Å². The highest BCUT2D eigenvalue weighted by molar-refractivity contribution is 5.90. The third-order valence-electron chi connectivity index (χ3n) is 2.28. The molecule has 1 aromatic heterocycles. The number of benzene rings is 1. The Labute approximate surface area is 85.7 Å². The molecule has 4 heteroatoms. The smallest absolute Gasteiger partial charge is 0.342 e. The van der Waals surface area contributed by atoms with Gasteiger partial charge < -0.3 is 14.3 Å². The van der Waals surface area contributed by atoms with E-state index in [1.807, 2.05) is 0 Å². The van der Waals surface area contributed by atoms with Crippen molar-refractivity contribution in [2.75, 3.05) is 7.11 Å². The Balaban J connectivity index is 3.03. The van der Waals surface area contributed by atoms with Gasteiger partial charge in [0.15, 0.2) is 0 Å². The fourth-order valence-corrected chi connectivity index (χ4v) is 1.54. The summed E-state index contributed by atoms with van der Waals surface area (Å²) in [6, 6.07) is 4.73. The molecule has 2 aromatic rings. The van der Waals surface area contributed by atoms with Crippen molar-refractivity contribution < 1.29 is 14.3 Å². The van der Waals surface area contributed by atoms with Crippen LogP contribution < -0.4 is 10.4 Å². The average Bonchev–Trinajstić information content (AvgIpc) is 2.21. The Bertz CT molecular complexity index is 569. The van der Waals surface area contributed by atoms with Crippen molar-refractivity contribution in [2.24, 2.45) is 0 Å². The number of fused-ring (bicyclic) bond motifs is 1. The predicted molar refractivity (Wildman–Crippen MR) is 55.4 cm³/mol. The number of hydrogen-bond acceptors (Lipinski definition) is 4. The molecule has 0 unspecified atom stereocenters. The number of hydrogen-bond donors (Lipinski definition) is 1. The molecular weight excluding hydrogens is 196 g/mol. The van der Waals surface area contributed by atoms with Crippen molar-refractivity contribution in [3.8, 4) is 11.5 Å². The van der Waals surface area contributed by atoms with Crippen molar-refractivity contribution in [1.29, 1.82) is 0 Å². The molecule has 1 heterocycles. The molecule has 0 saturated heterocycles. The van der Waals surface area contributed by atoms with Crippen LogP contribution >= 0.6 is 0 Å². The van der Waals surface area contributed by atoms with Gasteiger partial charge in [-0.05, 0) is 19.1 Å². The summed E-state index contributed by atoms with van der Waals surface area (Å²) in [7, 11) is 1.45. The third-order valence-corrected chi connectivity index (χ3v) is 2.28. The lowest BCUT2D eigenvalue weighted by Crippen LogP contribution is -2.05. The second kappa shape index (κ2) is 3.31. The zero-order chi connectivity index (χ0) is 11.0. The van der Waals surface area contributed by atoms with Crippen LogP contribution in [0.3, 0.4) is 0 Å². The summed E-state index contributed by atoms with van der Waals surface area (Å²) in [4.78, 5) is 11.4. The standard InChI is InChI=1S/C11H10O4/c1-6-10(14-2)9-7(12)4-3-5-8(9)15-11(6)13/h3-5,12H,1-2H3. The molecule has 0 aliphatic rings. The molecule has 0 saturated carbocycles. The van der Waals surface area contributed by atoms with Gasteiger partial charge >= 0.3 is 5.63 Å². The van der Waals surface area contributed by atoms with E-state index in [9.17, 15) is 9.90 Å². The van der Waals surface area contributed by atoms with Gasteiger partial charge in [-0.1, -0.05) is 6.07 Å². The summed E-state index contributed by atoms with van der Waals surface area (Å²) in [5.41, 5.74) is 0.221. The van der Waals surface area contributed by atoms with Crippen LogP contribution in [0, 0.1) is 6.92 Å². The fourth-order valence-electron chi connectivity index (χ4n) is 1.54. The van der Waals surface area contributed by atoms with E-state index in [1.54, 1.807) is 19.1 Å². The van der Waals surface area contributed by atoms with Crippen LogP contribution in [0.15, 0.2) is 27.4 Å². The highest BCUT2D eigenvalue weighted by atomic mass is 16.5. The molecule has 2 rings (SSSR count). The number of phenols is 1. The summed E-state index contributed by atoms with van der Waals surface area (Å²) >= 11 is 0. The first-order valence-corrected chi connectivity index (χ1v) is 4.44. The molecular formula is C11H10O4. The van der Waals surface area contributed by atoms with Gasteiger partial charge in [0.1, 0.15) is 22.5 Å². The van der Waals surface area contributed by atoms with Crippen molar-refractivity contribution >= 4 is 11.0 Å². The minimum atomic E-state index is -0.454. The number of phenolic OH excluding ortho intramolecular Hbond substituents is 1. The normalized spacial score (nSPS) is 10.5. The fraction of sp³-hybridized carbons (Fsp3) is 0.182. The first-order chi connectivity index (χ1) is 7.15. The minimum Gasteiger partial charge on any atom is -0.507 e. The maximum atomic E-state index is 11.4. The molecule has 0 atom stereocenters. The molecule has 0 radical (unpaired) electrons. The van der Waals surface area contributed by atoms with Crippen molar-refractivity contribution in [2.45, 2.75) is 6.92 Å². The molecule has 0 fully saturated rings. The molecule has 4 nitrogen and oxygen atoms in total. The SMILES string of the molecule is COc1c(C)c(=O)oc2cccc(O)c12. The topological polar surface area (TPSA) is 59.7 Å². The molecule has 0 aliphatic heterocycles. The maximum Gasteiger partial charge on any atom is 0.342 e. The molecule has 78 valence electrons. The number of aromatic hydroxyl groups is 1. The van der Waals surface area contributed by atoms with Crippen LogP contribution in [0.25, 0.3) is 11.0 Å². The van der Waals surface area contributed by atoms with Gasteiger partial charge in [0.05, 0.1) is 12.7 Å². The van der Waals surface area contributed by atoms with E-state index in [-0.39, 0.29) is 5.75 Å². The van der Waals surface area contributed by atoms with Crippen LogP contribution in [0.4, 0.5) is 0 Å². The highest BCUT2D eigenvalue weighted by Gasteiger charge is 2.14. The zero-order valence-electron chi connectivity index (χ0n) is 8.40. The predicted octanol–water partition coefficient (Wildman–Crippen LogP) is 1.82. The first-order valence-electron chi connectivity index (χ1n) is 4.44. The van der Waals surface area contributed by atoms with Crippen LogP contribution in [0.5, 0.6) is 11.5 Å². The summed E-state index contributed by atoms with van der Waals surface area (Å²) < 4.78 is 10.1. The molecule has 0 aliphatic carbocycles. The average molecular weight is 206 g/mol. The number of methoxy groups -OCH3 is 1. The van der Waals surface area contributed by atoms with Crippen LogP contribution in [0.1, 0.15) is 5.56 Å². The van der Waals surface area contributed by atoms with Crippen LogP contribution in [0.2, 0.25) is 0 Å². The third kappa shape index (κ3) is 1.34. The van der Waals surface area contributed by atoms with E-state index in [4.69, 9.17) is 9.15 Å². The summed E-state index contributed by atoms with van der Waals surface area (Å²) in [6.45, 7) is 1.59. The minimum absolute atomic E-state index is 0.0381. The Kier molecular flexibility index (Phi) is 2.11. The Morgan fingerprint density at radius 3 is 2.80 bits per heavy atom. The van der Waals surface area contributed by atoms with Gasteiger partial charge in [0.2, 0.25) is 0 Å².